The number of hydrogen-bond acceptors (Lipinski definition) is 4. The molecule has 0 saturated heterocycles. The fraction of sp³-hybridized carbons (Fsp3) is 0.429. The molecule has 7 nitrogen and oxygen atoms in total. The molecule has 1 aliphatic carbocycles. The van der Waals surface area contributed by atoms with Crippen LogP contribution in [-0.2, 0) is 9.59 Å². The summed E-state index contributed by atoms with van der Waals surface area (Å²) in [5, 5.41) is 13.1. The standard InChI is InChI=1S/C21H25N5O2/c1-13-4-5-14(2)18(12-13)26-20(27)9-8-17(24-26)21(28)23-19-10-11-22-25(19)15(3)16-6-7-16/h4-5,10-12,15-16H,6-9H2,1-3H3,(H,23,28). The van der Waals surface area contributed by atoms with Gasteiger partial charge in [0.25, 0.3) is 5.91 Å². The average Bonchev–Trinajstić information content (AvgIpc) is 3.43. The van der Waals surface area contributed by atoms with Gasteiger partial charge < -0.3 is 5.32 Å². The molecule has 1 aromatic heterocycles. The molecule has 28 heavy (non-hydrogen) atoms. The quantitative estimate of drug-likeness (QED) is 0.862. The zero-order valence-corrected chi connectivity index (χ0v) is 16.5. The number of carbonyl (C=O) groups excluding carboxylic acids is 2. The lowest BCUT2D eigenvalue weighted by Gasteiger charge is -2.25. The molecule has 2 aliphatic rings. The zero-order valence-electron chi connectivity index (χ0n) is 16.5. The highest BCUT2D eigenvalue weighted by Crippen LogP contribution is 2.40. The van der Waals surface area contributed by atoms with Gasteiger partial charge in [0.15, 0.2) is 0 Å². The summed E-state index contributed by atoms with van der Waals surface area (Å²) in [7, 11) is 0. The van der Waals surface area contributed by atoms with Crippen LogP contribution < -0.4 is 10.3 Å². The molecular weight excluding hydrogens is 354 g/mol. The first kappa shape index (κ1) is 18.4. The number of aromatic nitrogens is 2. The summed E-state index contributed by atoms with van der Waals surface area (Å²) in [6.45, 7) is 6.03. The number of aryl methyl sites for hydroxylation is 2. The zero-order chi connectivity index (χ0) is 19.8. The predicted octanol–water partition coefficient (Wildman–Crippen LogP) is 3.59. The van der Waals surface area contributed by atoms with Crippen molar-refractivity contribution in [2.24, 2.45) is 11.0 Å². The Morgan fingerprint density at radius 3 is 2.75 bits per heavy atom. The molecule has 2 amide bonds. The highest BCUT2D eigenvalue weighted by atomic mass is 16.2. The number of amides is 2. The Bertz CT molecular complexity index is 957. The van der Waals surface area contributed by atoms with Crippen LogP contribution in [0.4, 0.5) is 11.5 Å². The molecule has 2 heterocycles. The van der Waals surface area contributed by atoms with Gasteiger partial charge in [0.2, 0.25) is 5.91 Å². The van der Waals surface area contributed by atoms with E-state index in [-0.39, 0.29) is 24.3 Å². The van der Waals surface area contributed by atoms with Gasteiger partial charge >= 0.3 is 0 Å². The van der Waals surface area contributed by atoms with Gasteiger partial charge in [0.05, 0.1) is 17.9 Å². The predicted molar refractivity (Wildman–Crippen MR) is 108 cm³/mol. The van der Waals surface area contributed by atoms with Crippen molar-refractivity contribution in [3.05, 3.63) is 41.6 Å². The average molecular weight is 379 g/mol. The molecule has 7 heteroatoms. The lowest BCUT2D eigenvalue weighted by atomic mass is 10.1. The number of benzene rings is 1. The molecule has 146 valence electrons. The third kappa shape index (κ3) is 3.56. The Balaban J connectivity index is 1.57. The first-order valence-corrected chi connectivity index (χ1v) is 9.76. The summed E-state index contributed by atoms with van der Waals surface area (Å²) < 4.78 is 1.87. The molecule has 0 radical (unpaired) electrons. The van der Waals surface area contributed by atoms with Crippen LogP contribution in [-0.4, -0.2) is 27.3 Å². The second-order valence-corrected chi connectivity index (χ2v) is 7.74. The van der Waals surface area contributed by atoms with Crippen molar-refractivity contribution in [1.29, 1.82) is 0 Å². The van der Waals surface area contributed by atoms with E-state index < -0.39 is 0 Å². The number of rotatable bonds is 5. The minimum atomic E-state index is -0.285. The van der Waals surface area contributed by atoms with Crippen molar-refractivity contribution in [2.75, 3.05) is 10.3 Å². The normalized spacial score (nSPS) is 18.0. The van der Waals surface area contributed by atoms with Crippen LogP contribution in [0.15, 0.2) is 35.6 Å². The SMILES string of the molecule is Cc1ccc(C)c(N2N=C(C(=O)Nc3ccnn3C(C)C3CC3)CCC2=O)c1. The van der Waals surface area contributed by atoms with Crippen molar-refractivity contribution in [3.8, 4) is 0 Å². The van der Waals surface area contributed by atoms with E-state index in [0.717, 1.165) is 16.8 Å². The van der Waals surface area contributed by atoms with Crippen molar-refractivity contribution in [3.63, 3.8) is 0 Å². The largest absolute Gasteiger partial charge is 0.306 e. The van der Waals surface area contributed by atoms with Gasteiger partial charge in [0.1, 0.15) is 11.5 Å². The lowest BCUT2D eigenvalue weighted by molar-refractivity contribution is -0.118. The van der Waals surface area contributed by atoms with Gasteiger partial charge in [-0.3, -0.25) is 9.59 Å². The van der Waals surface area contributed by atoms with Crippen molar-refractivity contribution in [2.45, 2.75) is 52.5 Å². The highest BCUT2D eigenvalue weighted by Gasteiger charge is 2.31. The smallest absolute Gasteiger partial charge is 0.273 e. The van der Waals surface area contributed by atoms with Crippen LogP contribution >= 0.6 is 0 Å². The molecule has 2 aromatic rings. The molecule has 0 spiro atoms. The number of anilines is 2. The van der Waals surface area contributed by atoms with E-state index in [0.29, 0.717) is 23.9 Å². The van der Waals surface area contributed by atoms with Crippen LogP contribution in [0, 0.1) is 19.8 Å². The third-order valence-electron chi connectivity index (χ3n) is 5.49. The minimum absolute atomic E-state index is 0.0994. The summed E-state index contributed by atoms with van der Waals surface area (Å²) in [4.78, 5) is 25.3. The molecule has 1 atom stereocenters. The number of hydrazone groups is 1. The second-order valence-electron chi connectivity index (χ2n) is 7.74. The second kappa shape index (κ2) is 7.22. The molecular formula is C21H25N5O2. The maximum absolute atomic E-state index is 12.8. The van der Waals surface area contributed by atoms with E-state index >= 15 is 0 Å². The van der Waals surface area contributed by atoms with Crippen LogP contribution in [0.5, 0.6) is 0 Å². The monoisotopic (exact) mass is 379 g/mol. The third-order valence-corrected chi connectivity index (χ3v) is 5.49. The summed E-state index contributed by atoms with van der Waals surface area (Å²) in [6, 6.07) is 7.93. The molecule has 0 bridgehead atoms. The van der Waals surface area contributed by atoms with E-state index in [9.17, 15) is 9.59 Å². The number of carbonyl (C=O) groups is 2. The Kier molecular flexibility index (Phi) is 4.75. The van der Waals surface area contributed by atoms with Gasteiger partial charge in [-0.25, -0.2) is 9.69 Å². The van der Waals surface area contributed by atoms with E-state index in [4.69, 9.17) is 0 Å². The van der Waals surface area contributed by atoms with Gasteiger partial charge in [0, 0.05) is 18.9 Å². The molecule has 1 aromatic carbocycles. The van der Waals surface area contributed by atoms with E-state index in [1.54, 1.807) is 12.3 Å². The fourth-order valence-electron chi connectivity index (χ4n) is 3.56. The van der Waals surface area contributed by atoms with Crippen LogP contribution in [0.2, 0.25) is 0 Å². The Labute approximate surface area is 164 Å². The molecule has 1 aliphatic heterocycles. The molecule has 1 saturated carbocycles. The Hall–Kier alpha value is -2.96. The van der Waals surface area contributed by atoms with Crippen molar-refractivity contribution >= 4 is 29.0 Å². The summed E-state index contributed by atoms with van der Waals surface area (Å²) in [5.41, 5.74) is 3.06. The van der Waals surface area contributed by atoms with Gasteiger partial charge in [-0.05, 0) is 56.7 Å². The minimum Gasteiger partial charge on any atom is -0.306 e. The number of nitrogens with one attached hydrogen (secondary N) is 1. The maximum Gasteiger partial charge on any atom is 0.273 e. The van der Waals surface area contributed by atoms with Gasteiger partial charge in [-0.2, -0.15) is 10.2 Å². The van der Waals surface area contributed by atoms with Crippen LogP contribution in [0.3, 0.4) is 0 Å². The first-order valence-electron chi connectivity index (χ1n) is 9.76. The summed E-state index contributed by atoms with van der Waals surface area (Å²) in [6.07, 6.45) is 4.70. The summed E-state index contributed by atoms with van der Waals surface area (Å²) in [5.74, 6) is 0.910. The molecule has 1 unspecified atom stereocenters. The lowest BCUT2D eigenvalue weighted by Crippen LogP contribution is -2.37. The van der Waals surface area contributed by atoms with Crippen LogP contribution in [0.25, 0.3) is 0 Å². The topological polar surface area (TPSA) is 79.6 Å². The molecule has 1 fully saturated rings. The highest BCUT2D eigenvalue weighted by molar-refractivity contribution is 6.44. The van der Waals surface area contributed by atoms with Crippen LogP contribution in [0.1, 0.15) is 49.8 Å². The molecule has 4 rings (SSSR count). The fourth-order valence-corrected chi connectivity index (χ4v) is 3.56. The number of nitrogens with zero attached hydrogens (tertiary/aromatic N) is 4. The van der Waals surface area contributed by atoms with E-state index in [1.807, 2.05) is 36.7 Å². The molecule has 1 N–H and O–H groups in total. The first-order chi connectivity index (χ1) is 13.4. The Morgan fingerprint density at radius 1 is 1.21 bits per heavy atom. The number of hydrogen-bond donors (Lipinski definition) is 1. The Morgan fingerprint density at radius 2 is 2.00 bits per heavy atom. The van der Waals surface area contributed by atoms with Gasteiger partial charge in [-0.1, -0.05) is 12.1 Å². The van der Waals surface area contributed by atoms with Crippen molar-refractivity contribution in [1.82, 2.24) is 9.78 Å². The van der Waals surface area contributed by atoms with E-state index in [1.165, 1.54) is 17.9 Å². The van der Waals surface area contributed by atoms with Crippen molar-refractivity contribution < 1.29 is 9.59 Å². The van der Waals surface area contributed by atoms with E-state index in [2.05, 4.69) is 22.4 Å². The summed E-state index contributed by atoms with van der Waals surface area (Å²) >= 11 is 0. The van der Waals surface area contributed by atoms with Gasteiger partial charge in [-0.15, -0.1) is 0 Å². The maximum atomic E-state index is 12.8.